The Kier molecular flexibility index (Phi) is 3.51. The normalized spacial score (nSPS) is 10.7. The summed E-state index contributed by atoms with van der Waals surface area (Å²) in [6.45, 7) is 6.35. The van der Waals surface area contributed by atoms with E-state index in [1.165, 1.54) is 5.56 Å². The van der Waals surface area contributed by atoms with Crippen molar-refractivity contribution < 1.29 is 4.74 Å². The molecule has 1 aromatic carbocycles. The molecule has 0 spiro atoms. The summed E-state index contributed by atoms with van der Waals surface area (Å²) in [6.07, 6.45) is 3.27. The van der Waals surface area contributed by atoms with Crippen LogP contribution >= 0.6 is 0 Å². The molecular weight excluding hydrogens is 224 g/mol. The molecule has 0 aliphatic heterocycles. The van der Waals surface area contributed by atoms with Crippen LogP contribution in [-0.4, -0.2) is 4.98 Å². The van der Waals surface area contributed by atoms with E-state index in [0.29, 0.717) is 17.4 Å². The molecule has 0 radical (unpaired) electrons. The number of benzene rings is 1. The molecule has 0 aliphatic rings. The lowest BCUT2D eigenvalue weighted by Crippen LogP contribution is -1.94. The molecule has 0 bridgehead atoms. The van der Waals surface area contributed by atoms with Crippen molar-refractivity contribution in [1.82, 2.24) is 4.98 Å². The molecular formula is C15H18N2O. The highest BCUT2D eigenvalue weighted by atomic mass is 16.5. The Morgan fingerprint density at radius 2 is 1.94 bits per heavy atom. The maximum atomic E-state index is 5.84. The highest BCUT2D eigenvalue weighted by Crippen LogP contribution is 2.28. The van der Waals surface area contributed by atoms with Crippen molar-refractivity contribution in [2.24, 2.45) is 0 Å². The van der Waals surface area contributed by atoms with Gasteiger partial charge in [0.05, 0.1) is 18.1 Å². The molecule has 0 amide bonds. The van der Waals surface area contributed by atoms with Crippen LogP contribution in [0.1, 0.15) is 30.9 Å². The maximum absolute atomic E-state index is 5.84. The third-order valence-electron chi connectivity index (χ3n) is 2.84. The van der Waals surface area contributed by atoms with Crippen molar-refractivity contribution in [3.8, 4) is 11.5 Å². The first-order chi connectivity index (χ1) is 8.56. The third-order valence-corrected chi connectivity index (χ3v) is 2.84. The van der Waals surface area contributed by atoms with E-state index >= 15 is 0 Å². The van der Waals surface area contributed by atoms with Gasteiger partial charge in [0.1, 0.15) is 11.5 Å². The Labute approximate surface area is 108 Å². The molecule has 18 heavy (non-hydrogen) atoms. The van der Waals surface area contributed by atoms with Gasteiger partial charge >= 0.3 is 0 Å². The molecule has 0 unspecified atom stereocenters. The van der Waals surface area contributed by atoms with Crippen molar-refractivity contribution in [1.29, 1.82) is 0 Å². The van der Waals surface area contributed by atoms with Gasteiger partial charge in [0.15, 0.2) is 0 Å². The van der Waals surface area contributed by atoms with Gasteiger partial charge in [-0.25, -0.2) is 0 Å². The van der Waals surface area contributed by atoms with Crippen molar-refractivity contribution >= 4 is 5.69 Å². The zero-order valence-electron chi connectivity index (χ0n) is 11.0. The van der Waals surface area contributed by atoms with Gasteiger partial charge in [-0.1, -0.05) is 26.0 Å². The predicted octanol–water partition coefficient (Wildman–Crippen LogP) is 3.89. The number of pyridine rings is 1. The first kappa shape index (κ1) is 12.4. The summed E-state index contributed by atoms with van der Waals surface area (Å²) in [6, 6.07) is 8.05. The molecule has 2 rings (SSSR count). The van der Waals surface area contributed by atoms with Crippen LogP contribution in [0.25, 0.3) is 0 Å². The number of aromatic nitrogens is 1. The number of aryl methyl sites for hydroxylation is 1. The SMILES string of the molecule is Cc1ccc(C(C)C)cc1Oc1cncc(N)c1. The average Bonchev–Trinajstić information content (AvgIpc) is 2.31. The first-order valence-electron chi connectivity index (χ1n) is 6.05. The number of nitrogens with zero attached hydrogens (tertiary/aromatic N) is 1. The summed E-state index contributed by atoms with van der Waals surface area (Å²) in [5.41, 5.74) is 8.64. The van der Waals surface area contributed by atoms with Crippen molar-refractivity contribution in [2.75, 3.05) is 5.73 Å². The molecule has 0 saturated carbocycles. The summed E-state index contributed by atoms with van der Waals surface area (Å²) in [7, 11) is 0. The van der Waals surface area contributed by atoms with Crippen LogP contribution in [0, 0.1) is 6.92 Å². The Morgan fingerprint density at radius 3 is 2.61 bits per heavy atom. The number of rotatable bonds is 3. The van der Waals surface area contributed by atoms with E-state index in [9.17, 15) is 0 Å². The molecule has 0 saturated heterocycles. The van der Waals surface area contributed by atoms with E-state index < -0.39 is 0 Å². The van der Waals surface area contributed by atoms with Crippen molar-refractivity contribution in [2.45, 2.75) is 26.7 Å². The molecule has 94 valence electrons. The Bertz CT molecular complexity index is 550. The van der Waals surface area contributed by atoms with E-state index in [0.717, 1.165) is 11.3 Å². The number of hydrogen-bond donors (Lipinski definition) is 1. The van der Waals surface area contributed by atoms with Gasteiger partial charge in [-0.3, -0.25) is 4.98 Å². The van der Waals surface area contributed by atoms with Gasteiger partial charge in [0.25, 0.3) is 0 Å². The van der Waals surface area contributed by atoms with Gasteiger partial charge < -0.3 is 10.5 Å². The molecule has 1 heterocycles. The summed E-state index contributed by atoms with van der Waals surface area (Å²) in [5.74, 6) is 2.00. The Balaban J connectivity index is 2.30. The minimum atomic E-state index is 0.479. The lowest BCUT2D eigenvalue weighted by molar-refractivity contribution is 0.476. The lowest BCUT2D eigenvalue weighted by Gasteiger charge is -2.12. The standard InChI is InChI=1S/C15H18N2O/c1-10(2)12-5-4-11(3)15(6-12)18-14-7-13(16)8-17-9-14/h4-10H,16H2,1-3H3. The Hall–Kier alpha value is -2.03. The molecule has 1 aromatic heterocycles. The second-order valence-electron chi connectivity index (χ2n) is 4.74. The van der Waals surface area contributed by atoms with Gasteiger partial charge in [-0.05, 0) is 30.0 Å². The molecule has 0 aliphatic carbocycles. The van der Waals surface area contributed by atoms with Crippen LogP contribution < -0.4 is 10.5 Å². The number of anilines is 1. The monoisotopic (exact) mass is 242 g/mol. The summed E-state index contributed by atoms with van der Waals surface area (Å²) >= 11 is 0. The largest absolute Gasteiger partial charge is 0.455 e. The number of nitrogens with two attached hydrogens (primary N) is 1. The Morgan fingerprint density at radius 1 is 1.17 bits per heavy atom. The van der Waals surface area contributed by atoms with Crippen LogP contribution in [-0.2, 0) is 0 Å². The average molecular weight is 242 g/mol. The fraction of sp³-hybridized carbons (Fsp3) is 0.267. The molecule has 3 heteroatoms. The first-order valence-corrected chi connectivity index (χ1v) is 6.05. The van der Waals surface area contributed by atoms with Crippen LogP contribution in [0.5, 0.6) is 11.5 Å². The fourth-order valence-corrected chi connectivity index (χ4v) is 1.70. The predicted molar refractivity (Wildman–Crippen MR) is 74.0 cm³/mol. The van der Waals surface area contributed by atoms with E-state index in [1.54, 1.807) is 18.5 Å². The van der Waals surface area contributed by atoms with Crippen LogP contribution in [0.15, 0.2) is 36.7 Å². The minimum absolute atomic E-state index is 0.479. The summed E-state index contributed by atoms with van der Waals surface area (Å²) in [4.78, 5) is 4.02. The number of nitrogen functional groups attached to an aromatic ring is 1. The van der Waals surface area contributed by atoms with Gasteiger partial charge in [0.2, 0.25) is 0 Å². The van der Waals surface area contributed by atoms with E-state index in [1.807, 2.05) is 6.92 Å². The number of hydrogen-bond acceptors (Lipinski definition) is 3. The second-order valence-corrected chi connectivity index (χ2v) is 4.74. The minimum Gasteiger partial charge on any atom is -0.455 e. The van der Waals surface area contributed by atoms with E-state index in [4.69, 9.17) is 10.5 Å². The second kappa shape index (κ2) is 5.08. The fourth-order valence-electron chi connectivity index (χ4n) is 1.70. The van der Waals surface area contributed by atoms with Crippen LogP contribution in [0.2, 0.25) is 0 Å². The van der Waals surface area contributed by atoms with Crippen LogP contribution in [0.3, 0.4) is 0 Å². The van der Waals surface area contributed by atoms with Crippen molar-refractivity contribution in [3.63, 3.8) is 0 Å². The highest BCUT2D eigenvalue weighted by molar-refractivity contribution is 5.44. The smallest absolute Gasteiger partial charge is 0.147 e. The van der Waals surface area contributed by atoms with E-state index in [-0.39, 0.29) is 0 Å². The summed E-state index contributed by atoms with van der Waals surface area (Å²) < 4.78 is 5.84. The lowest BCUT2D eigenvalue weighted by atomic mass is 10.0. The van der Waals surface area contributed by atoms with Gasteiger partial charge in [-0.2, -0.15) is 0 Å². The third kappa shape index (κ3) is 2.80. The van der Waals surface area contributed by atoms with E-state index in [2.05, 4.69) is 37.0 Å². The number of ether oxygens (including phenoxy) is 1. The zero-order valence-corrected chi connectivity index (χ0v) is 11.0. The topological polar surface area (TPSA) is 48.1 Å². The van der Waals surface area contributed by atoms with Crippen molar-refractivity contribution in [3.05, 3.63) is 47.8 Å². The van der Waals surface area contributed by atoms with Gasteiger partial charge in [-0.15, -0.1) is 0 Å². The summed E-state index contributed by atoms with van der Waals surface area (Å²) in [5, 5.41) is 0. The molecule has 2 N–H and O–H groups in total. The zero-order chi connectivity index (χ0) is 13.1. The maximum Gasteiger partial charge on any atom is 0.147 e. The highest BCUT2D eigenvalue weighted by Gasteiger charge is 2.06. The van der Waals surface area contributed by atoms with Gasteiger partial charge in [0, 0.05) is 6.07 Å². The quantitative estimate of drug-likeness (QED) is 0.888. The molecule has 0 fully saturated rings. The molecule has 3 nitrogen and oxygen atoms in total. The molecule has 0 atom stereocenters. The molecule has 2 aromatic rings. The van der Waals surface area contributed by atoms with Crippen LogP contribution in [0.4, 0.5) is 5.69 Å².